The summed E-state index contributed by atoms with van der Waals surface area (Å²) in [6, 6.07) is 5.24. The van der Waals surface area contributed by atoms with Crippen molar-refractivity contribution < 1.29 is 38.0 Å². The molecule has 0 spiro atoms. The number of benzene rings is 1. The summed E-state index contributed by atoms with van der Waals surface area (Å²) in [6.45, 7) is 8.18. The lowest BCUT2D eigenvalue weighted by Gasteiger charge is -2.36. The Hall–Kier alpha value is -1.91. The van der Waals surface area contributed by atoms with Crippen LogP contribution in [-0.2, 0) is 28.5 Å². The van der Waals surface area contributed by atoms with Crippen molar-refractivity contribution in [2.24, 2.45) is 0 Å². The van der Waals surface area contributed by atoms with Gasteiger partial charge in [-0.1, -0.05) is 0 Å². The van der Waals surface area contributed by atoms with Crippen LogP contribution in [0.5, 0.6) is 11.5 Å². The van der Waals surface area contributed by atoms with Gasteiger partial charge in [-0.05, 0) is 39.8 Å². The largest absolute Gasteiger partial charge is 0.486 e. The van der Waals surface area contributed by atoms with Crippen molar-refractivity contribution >= 4 is 11.6 Å². The molecule has 9 heteroatoms. The molecule has 3 fully saturated rings. The number of fused-ring (bicyclic) bond motifs is 4. The lowest BCUT2D eigenvalue weighted by molar-refractivity contribution is -0.229. The average molecular weight is 407 g/mol. The summed E-state index contributed by atoms with van der Waals surface area (Å²) in [7, 11) is 0. The SMILES string of the molecule is CC1(C)O[C@H]2[C@@H](O1)[C@H](C(=O)Nc1ccc3c(c1)OCCO3)O[C@@H]1OC(C)(C)O[C@@H]12. The van der Waals surface area contributed by atoms with Crippen LogP contribution >= 0.6 is 0 Å². The first kappa shape index (κ1) is 19.1. The van der Waals surface area contributed by atoms with E-state index in [1.54, 1.807) is 45.9 Å². The van der Waals surface area contributed by atoms with Crippen LogP contribution in [0.2, 0.25) is 0 Å². The third-order valence-electron chi connectivity index (χ3n) is 5.22. The molecule has 4 aliphatic rings. The maximum absolute atomic E-state index is 13.1. The molecule has 1 N–H and O–H groups in total. The lowest BCUT2D eigenvalue weighted by atomic mass is 9.98. The van der Waals surface area contributed by atoms with Crippen LogP contribution in [0, 0.1) is 0 Å². The Bertz CT molecular complexity index is 825. The molecule has 9 nitrogen and oxygen atoms in total. The van der Waals surface area contributed by atoms with E-state index in [1.165, 1.54) is 0 Å². The Kier molecular flexibility index (Phi) is 4.31. The van der Waals surface area contributed by atoms with E-state index >= 15 is 0 Å². The van der Waals surface area contributed by atoms with E-state index in [0.717, 1.165) is 0 Å². The minimum Gasteiger partial charge on any atom is -0.486 e. The minimum absolute atomic E-state index is 0.357. The second kappa shape index (κ2) is 6.55. The van der Waals surface area contributed by atoms with Crippen molar-refractivity contribution in [1.29, 1.82) is 0 Å². The highest BCUT2D eigenvalue weighted by Crippen LogP contribution is 2.44. The van der Waals surface area contributed by atoms with Crippen LogP contribution in [0.1, 0.15) is 27.7 Å². The summed E-state index contributed by atoms with van der Waals surface area (Å²) in [5.41, 5.74) is 0.573. The van der Waals surface area contributed by atoms with Crippen molar-refractivity contribution in [2.75, 3.05) is 18.5 Å². The van der Waals surface area contributed by atoms with E-state index in [9.17, 15) is 4.79 Å². The van der Waals surface area contributed by atoms with Crippen LogP contribution in [0.4, 0.5) is 5.69 Å². The molecule has 4 heterocycles. The normalized spacial score (nSPS) is 36.2. The number of ether oxygens (including phenoxy) is 7. The molecule has 1 aromatic carbocycles. The predicted molar refractivity (Wildman–Crippen MR) is 98.6 cm³/mol. The number of hydrogen-bond donors (Lipinski definition) is 1. The molecule has 0 unspecified atom stereocenters. The highest BCUT2D eigenvalue weighted by atomic mass is 16.9. The summed E-state index contributed by atoms with van der Waals surface area (Å²) in [6.07, 6.45) is -3.23. The molecule has 1 amide bonds. The fourth-order valence-electron chi connectivity index (χ4n) is 4.16. The Morgan fingerprint density at radius 3 is 2.34 bits per heavy atom. The summed E-state index contributed by atoms with van der Waals surface area (Å²) < 4.78 is 40.9. The number of hydrogen-bond acceptors (Lipinski definition) is 8. The van der Waals surface area contributed by atoms with Gasteiger partial charge in [-0.15, -0.1) is 0 Å². The monoisotopic (exact) mass is 407 g/mol. The van der Waals surface area contributed by atoms with E-state index < -0.39 is 42.3 Å². The molecule has 158 valence electrons. The van der Waals surface area contributed by atoms with Crippen LogP contribution in [-0.4, -0.2) is 61.4 Å². The lowest BCUT2D eigenvalue weighted by Crippen LogP contribution is -2.58. The topological polar surface area (TPSA) is 93.7 Å². The van der Waals surface area contributed by atoms with Gasteiger partial charge in [0.05, 0.1) is 0 Å². The number of carbonyl (C=O) groups excluding carboxylic acids is 1. The van der Waals surface area contributed by atoms with Gasteiger partial charge in [-0.3, -0.25) is 4.79 Å². The van der Waals surface area contributed by atoms with Gasteiger partial charge in [-0.25, -0.2) is 0 Å². The highest BCUT2D eigenvalue weighted by Gasteiger charge is 2.62. The summed E-state index contributed by atoms with van der Waals surface area (Å²) in [5, 5.41) is 2.87. The second-order valence-electron chi connectivity index (χ2n) is 8.44. The molecule has 5 rings (SSSR count). The van der Waals surface area contributed by atoms with Crippen molar-refractivity contribution in [1.82, 2.24) is 0 Å². The molecule has 4 aliphatic heterocycles. The van der Waals surface area contributed by atoms with E-state index in [1.807, 2.05) is 0 Å². The van der Waals surface area contributed by atoms with Crippen molar-refractivity contribution in [3.8, 4) is 11.5 Å². The van der Waals surface area contributed by atoms with Gasteiger partial charge in [0.1, 0.15) is 31.5 Å². The van der Waals surface area contributed by atoms with E-state index in [0.29, 0.717) is 30.4 Å². The summed E-state index contributed by atoms with van der Waals surface area (Å²) >= 11 is 0. The Morgan fingerprint density at radius 2 is 1.55 bits per heavy atom. The van der Waals surface area contributed by atoms with Gasteiger partial charge in [-0.2, -0.15) is 0 Å². The number of rotatable bonds is 2. The van der Waals surface area contributed by atoms with Crippen LogP contribution in [0.3, 0.4) is 0 Å². The second-order valence-corrected chi connectivity index (χ2v) is 8.44. The predicted octanol–water partition coefficient (Wildman–Crippen LogP) is 1.79. The third kappa shape index (κ3) is 3.47. The zero-order valence-electron chi connectivity index (χ0n) is 16.8. The molecule has 0 aromatic heterocycles. The maximum Gasteiger partial charge on any atom is 0.256 e. The molecule has 1 aromatic rings. The number of carbonyl (C=O) groups is 1. The molecule has 3 saturated heterocycles. The first-order valence-electron chi connectivity index (χ1n) is 9.78. The Labute approximate surface area is 168 Å². The number of amides is 1. The standard InChI is InChI=1S/C20H25NO8/c1-19(2)26-13-14(27-19)16-18(29-20(3,4)28-16)25-15(13)17(22)21-10-5-6-11-12(9-10)24-8-7-23-11/h5-6,9,13-16,18H,7-8H2,1-4H3,(H,21,22)/t13-,14+,15-,16-,18-/m1/s1. The van der Waals surface area contributed by atoms with Crippen molar-refractivity contribution in [3.63, 3.8) is 0 Å². The zero-order valence-corrected chi connectivity index (χ0v) is 16.8. The van der Waals surface area contributed by atoms with Gasteiger partial charge in [0.25, 0.3) is 5.91 Å². The summed E-state index contributed by atoms with van der Waals surface area (Å²) in [5.74, 6) is -0.813. The van der Waals surface area contributed by atoms with Crippen molar-refractivity contribution in [3.05, 3.63) is 18.2 Å². The van der Waals surface area contributed by atoms with E-state index in [-0.39, 0.29) is 5.91 Å². The molecular weight excluding hydrogens is 382 g/mol. The van der Waals surface area contributed by atoms with Gasteiger partial charge < -0.3 is 38.5 Å². The van der Waals surface area contributed by atoms with Crippen LogP contribution in [0.15, 0.2) is 18.2 Å². The fourth-order valence-corrected chi connectivity index (χ4v) is 4.16. The molecule has 0 radical (unpaired) electrons. The van der Waals surface area contributed by atoms with Gasteiger partial charge in [0.2, 0.25) is 0 Å². The highest BCUT2D eigenvalue weighted by molar-refractivity contribution is 5.95. The van der Waals surface area contributed by atoms with Crippen molar-refractivity contribution in [2.45, 2.75) is 70.0 Å². The Morgan fingerprint density at radius 1 is 0.897 bits per heavy atom. The smallest absolute Gasteiger partial charge is 0.256 e. The van der Waals surface area contributed by atoms with Gasteiger partial charge in [0, 0.05) is 11.8 Å². The minimum atomic E-state index is -0.922. The quantitative estimate of drug-likeness (QED) is 0.793. The first-order chi connectivity index (χ1) is 13.7. The molecule has 0 bridgehead atoms. The van der Waals surface area contributed by atoms with Gasteiger partial charge in [0.15, 0.2) is 35.5 Å². The maximum atomic E-state index is 13.1. The van der Waals surface area contributed by atoms with E-state index in [4.69, 9.17) is 33.2 Å². The third-order valence-corrected chi connectivity index (χ3v) is 5.22. The van der Waals surface area contributed by atoms with Gasteiger partial charge >= 0.3 is 0 Å². The number of nitrogens with one attached hydrogen (secondary N) is 1. The molecule has 29 heavy (non-hydrogen) atoms. The molecule has 5 atom stereocenters. The molecule has 0 saturated carbocycles. The van der Waals surface area contributed by atoms with Crippen LogP contribution < -0.4 is 14.8 Å². The molecular formula is C20H25NO8. The average Bonchev–Trinajstić information content (AvgIpc) is 3.14. The van der Waals surface area contributed by atoms with Crippen LogP contribution in [0.25, 0.3) is 0 Å². The number of anilines is 1. The molecule has 0 aliphatic carbocycles. The fraction of sp³-hybridized carbons (Fsp3) is 0.650. The van der Waals surface area contributed by atoms with E-state index in [2.05, 4.69) is 5.32 Å². The Balaban J connectivity index is 1.37. The zero-order chi connectivity index (χ0) is 20.4. The first-order valence-corrected chi connectivity index (χ1v) is 9.78. The summed E-state index contributed by atoms with van der Waals surface area (Å²) in [4.78, 5) is 13.1.